The third kappa shape index (κ3) is 2.80. The lowest BCUT2D eigenvalue weighted by Crippen LogP contribution is -2.45. The van der Waals surface area contributed by atoms with Crippen LogP contribution in [0.3, 0.4) is 0 Å². The number of carbonyl (C=O) groups is 1. The van der Waals surface area contributed by atoms with E-state index in [2.05, 4.69) is 10.6 Å². The van der Waals surface area contributed by atoms with Crippen molar-refractivity contribution >= 4 is 23.3 Å². The van der Waals surface area contributed by atoms with Gasteiger partial charge in [-0.3, -0.25) is 0 Å². The number of benzene rings is 1. The molecule has 0 unspecified atom stereocenters. The summed E-state index contributed by atoms with van der Waals surface area (Å²) in [5, 5.41) is 6.34. The SMILES string of the molecule is CCC1=C(C(=O)OC)[C@@H](c2cccc(F)c2)NC(=S)N1. The van der Waals surface area contributed by atoms with Gasteiger partial charge >= 0.3 is 5.97 Å². The number of hydrogen-bond acceptors (Lipinski definition) is 3. The van der Waals surface area contributed by atoms with Crippen molar-refractivity contribution in [2.75, 3.05) is 7.11 Å². The first-order valence-corrected chi connectivity index (χ1v) is 6.62. The highest BCUT2D eigenvalue weighted by molar-refractivity contribution is 7.80. The average molecular weight is 294 g/mol. The van der Waals surface area contributed by atoms with Gasteiger partial charge < -0.3 is 15.4 Å². The van der Waals surface area contributed by atoms with Gasteiger partial charge in [-0.05, 0) is 36.3 Å². The van der Waals surface area contributed by atoms with Crippen molar-refractivity contribution in [1.29, 1.82) is 0 Å². The molecule has 6 heteroatoms. The van der Waals surface area contributed by atoms with Crippen LogP contribution >= 0.6 is 12.2 Å². The number of thiocarbonyl (C=S) groups is 1. The van der Waals surface area contributed by atoms with Gasteiger partial charge in [-0.1, -0.05) is 19.1 Å². The van der Waals surface area contributed by atoms with E-state index in [9.17, 15) is 9.18 Å². The van der Waals surface area contributed by atoms with E-state index in [1.807, 2.05) is 6.92 Å². The van der Waals surface area contributed by atoms with E-state index in [0.29, 0.717) is 28.4 Å². The number of rotatable bonds is 3. The Morgan fingerprint density at radius 1 is 1.50 bits per heavy atom. The van der Waals surface area contributed by atoms with E-state index in [1.54, 1.807) is 12.1 Å². The monoisotopic (exact) mass is 294 g/mol. The molecule has 1 heterocycles. The molecule has 0 radical (unpaired) electrons. The highest BCUT2D eigenvalue weighted by Crippen LogP contribution is 2.28. The molecule has 1 aromatic carbocycles. The number of allylic oxidation sites excluding steroid dienone is 1. The van der Waals surface area contributed by atoms with Crippen molar-refractivity contribution < 1.29 is 13.9 Å². The van der Waals surface area contributed by atoms with Crippen LogP contribution in [0.15, 0.2) is 35.5 Å². The van der Waals surface area contributed by atoms with Crippen molar-refractivity contribution in [3.05, 3.63) is 46.9 Å². The van der Waals surface area contributed by atoms with Crippen molar-refractivity contribution in [2.45, 2.75) is 19.4 Å². The number of carbonyl (C=O) groups excluding carboxylic acids is 1. The minimum Gasteiger partial charge on any atom is -0.466 e. The number of methoxy groups -OCH3 is 1. The fourth-order valence-electron chi connectivity index (χ4n) is 2.18. The van der Waals surface area contributed by atoms with Crippen LogP contribution < -0.4 is 10.6 Å². The number of nitrogens with one attached hydrogen (secondary N) is 2. The predicted molar refractivity (Wildman–Crippen MR) is 77.3 cm³/mol. The Morgan fingerprint density at radius 3 is 2.85 bits per heavy atom. The zero-order chi connectivity index (χ0) is 14.7. The van der Waals surface area contributed by atoms with Crippen molar-refractivity contribution in [1.82, 2.24) is 10.6 Å². The van der Waals surface area contributed by atoms with Crippen LogP contribution in [0.5, 0.6) is 0 Å². The molecule has 20 heavy (non-hydrogen) atoms. The van der Waals surface area contributed by atoms with E-state index in [1.165, 1.54) is 19.2 Å². The first-order valence-electron chi connectivity index (χ1n) is 6.21. The topological polar surface area (TPSA) is 50.4 Å². The summed E-state index contributed by atoms with van der Waals surface area (Å²) in [4.78, 5) is 12.0. The summed E-state index contributed by atoms with van der Waals surface area (Å²) in [7, 11) is 1.32. The first kappa shape index (κ1) is 14.5. The number of esters is 1. The third-order valence-electron chi connectivity index (χ3n) is 3.09. The molecule has 0 saturated carbocycles. The number of halogens is 1. The van der Waals surface area contributed by atoms with E-state index < -0.39 is 12.0 Å². The van der Waals surface area contributed by atoms with Gasteiger partial charge in [-0.15, -0.1) is 0 Å². The Hall–Kier alpha value is -1.95. The van der Waals surface area contributed by atoms with E-state index in [-0.39, 0.29) is 5.82 Å². The summed E-state index contributed by atoms with van der Waals surface area (Å²) in [5.41, 5.74) is 1.74. The highest BCUT2D eigenvalue weighted by atomic mass is 32.1. The quantitative estimate of drug-likeness (QED) is 0.661. The zero-order valence-corrected chi connectivity index (χ0v) is 12.0. The Balaban J connectivity index is 2.53. The standard InChI is InChI=1S/C14H15FN2O2S/c1-3-10-11(13(18)19-2)12(17-14(20)16-10)8-5-4-6-9(15)7-8/h4-7,12H,3H2,1-2H3,(H2,16,17,20)/t12-/m1/s1. The summed E-state index contributed by atoms with van der Waals surface area (Å²) in [6, 6.07) is 5.55. The minimum atomic E-state index is -0.512. The molecule has 0 spiro atoms. The van der Waals surface area contributed by atoms with Crippen LogP contribution in [0.2, 0.25) is 0 Å². The molecular weight excluding hydrogens is 279 g/mol. The number of hydrogen-bond donors (Lipinski definition) is 2. The smallest absolute Gasteiger partial charge is 0.337 e. The van der Waals surface area contributed by atoms with Gasteiger partial charge in [0.15, 0.2) is 5.11 Å². The first-order chi connectivity index (χ1) is 9.56. The Morgan fingerprint density at radius 2 is 2.25 bits per heavy atom. The Bertz CT molecular complexity index is 586. The minimum absolute atomic E-state index is 0.365. The van der Waals surface area contributed by atoms with Gasteiger partial charge in [0.05, 0.1) is 18.7 Å². The molecule has 0 fully saturated rings. The molecule has 0 aliphatic carbocycles. The Labute approximate surface area is 122 Å². The summed E-state index contributed by atoms with van der Waals surface area (Å²) in [6.07, 6.45) is 0.595. The summed E-state index contributed by atoms with van der Waals surface area (Å²) >= 11 is 5.13. The Kier molecular flexibility index (Phi) is 4.34. The second-order valence-corrected chi connectivity index (χ2v) is 4.73. The molecule has 0 aromatic heterocycles. The average Bonchev–Trinajstić information content (AvgIpc) is 2.45. The van der Waals surface area contributed by atoms with Gasteiger partial charge in [0.2, 0.25) is 0 Å². The van der Waals surface area contributed by atoms with Gasteiger partial charge in [-0.25, -0.2) is 9.18 Å². The van der Waals surface area contributed by atoms with Crippen molar-refractivity contribution in [3.8, 4) is 0 Å². The lowest BCUT2D eigenvalue weighted by molar-refractivity contribution is -0.136. The molecule has 2 N–H and O–H groups in total. The summed E-state index contributed by atoms with van der Waals surface area (Å²) in [6.45, 7) is 1.90. The number of ether oxygens (including phenoxy) is 1. The highest BCUT2D eigenvalue weighted by Gasteiger charge is 2.31. The van der Waals surface area contributed by atoms with E-state index >= 15 is 0 Å². The van der Waals surface area contributed by atoms with Gasteiger partial charge in [0, 0.05) is 5.70 Å². The van der Waals surface area contributed by atoms with E-state index in [4.69, 9.17) is 17.0 Å². The van der Waals surface area contributed by atoms with Crippen LogP contribution in [-0.4, -0.2) is 18.2 Å². The molecule has 1 aliphatic heterocycles. The summed E-state index contributed by atoms with van der Waals surface area (Å²) in [5.74, 6) is -0.824. The van der Waals surface area contributed by atoms with Gasteiger partial charge in [0.25, 0.3) is 0 Å². The third-order valence-corrected chi connectivity index (χ3v) is 3.31. The molecule has 1 aliphatic rings. The van der Waals surface area contributed by atoms with Gasteiger partial charge in [-0.2, -0.15) is 0 Å². The molecule has 0 amide bonds. The van der Waals surface area contributed by atoms with Gasteiger partial charge in [0.1, 0.15) is 5.82 Å². The molecule has 4 nitrogen and oxygen atoms in total. The normalized spacial score (nSPS) is 18.4. The maximum absolute atomic E-state index is 13.4. The fraction of sp³-hybridized carbons (Fsp3) is 0.286. The molecule has 0 bridgehead atoms. The molecular formula is C14H15FN2O2S. The van der Waals surface area contributed by atoms with Crippen LogP contribution in [-0.2, 0) is 9.53 Å². The molecule has 106 valence electrons. The van der Waals surface area contributed by atoms with Crippen LogP contribution in [0.25, 0.3) is 0 Å². The molecule has 1 aromatic rings. The van der Waals surface area contributed by atoms with Crippen molar-refractivity contribution in [3.63, 3.8) is 0 Å². The van der Waals surface area contributed by atoms with Crippen LogP contribution in [0.4, 0.5) is 4.39 Å². The molecule has 2 rings (SSSR count). The second kappa shape index (κ2) is 6.00. The van der Waals surface area contributed by atoms with E-state index in [0.717, 1.165) is 0 Å². The second-order valence-electron chi connectivity index (χ2n) is 4.32. The van der Waals surface area contributed by atoms with Crippen LogP contribution in [0.1, 0.15) is 24.9 Å². The predicted octanol–water partition coefficient (Wildman–Crippen LogP) is 2.18. The lowest BCUT2D eigenvalue weighted by atomic mass is 9.94. The molecule has 0 saturated heterocycles. The zero-order valence-electron chi connectivity index (χ0n) is 11.2. The largest absolute Gasteiger partial charge is 0.466 e. The molecule has 1 atom stereocenters. The maximum atomic E-state index is 13.4. The summed E-state index contributed by atoms with van der Waals surface area (Å²) < 4.78 is 18.2. The fourth-order valence-corrected chi connectivity index (χ4v) is 2.43. The maximum Gasteiger partial charge on any atom is 0.337 e. The lowest BCUT2D eigenvalue weighted by Gasteiger charge is -2.30. The van der Waals surface area contributed by atoms with Crippen LogP contribution in [0, 0.1) is 5.82 Å². The van der Waals surface area contributed by atoms with Crippen molar-refractivity contribution in [2.24, 2.45) is 0 Å².